The molecule has 0 N–H and O–H groups in total. The molecule has 0 spiro atoms. The Labute approximate surface area is 73.5 Å². The standard InChI is InChI=1S/C9H6FNS/c10-8-4-2-1-3-7(8)9-11-5-6-12-9/h1-6H. The Hall–Kier alpha value is -1.22. The summed E-state index contributed by atoms with van der Waals surface area (Å²) >= 11 is 1.44. The summed E-state index contributed by atoms with van der Waals surface area (Å²) in [6, 6.07) is 6.65. The van der Waals surface area contributed by atoms with E-state index in [-0.39, 0.29) is 5.82 Å². The number of benzene rings is 1. The Balaban J connectivity index is 2.55. The van der Waals surface area contributed by atoms with Crippen LogP contribution >= 0.6 is 11.3 Å². The van der Waals surface area contributed by atoms with E-state index in [1.54, 1.807) is 24.4 Å². The fourth-order valence-electron chi connectivity index (χ4n) is 0.991. The minimum absolute atomic E-state index is 0.215. The van der Waals surface area contributed by atoms with Gasteiger partial charge in [-0.05, 0) is 12.1 Å². The number of nitrogens with zero attached hydrogens (tertiary/aromatic N) is 1. The van der Waals surface area contributed by atoms with Crippen LogP contribution in [0.4, 0.5) is 4.39 Å². The van der Waals surface area contributed by atoms with Gasteiger partial charge in [0.2, 0.25) is 0 Å². The van der Waals surface area contributed by atoms with Crippen LogP contribution in [0, 0.1) is 5.82 Å². The van der Waals surface area contributed by atoms with Gasteiger partial charge in [-0.3, -0.25) is 0 Å². The zero-order valence-electron chi connectivity index (χ0n) is 6.20. The molecule has 0 radical (unpaired) electrons. The molecule has 0 aliphatic rings. The lowest BCUT2D eigenvalue weighted by atomic mass is 10.2. The Morgan fingerprint density at radius 3 is 2.75 bits per heavy atom. The highest BCUT2D eigenvalue weighted by atomic mass is 32.1. The minimum atomic E-state index is -0.215. The van der Waals surface area contributed by atoms with Crippen molar-refractivity contribution < 1.29 is 4.39 Å². The van der Waals surface area contributed by atoms with Crippen molar-refractivity contribution >= 4 is 11.3 Å². The summed E-state index contributed by atoms with van der Waals surface area (Å²) in [5, 5.41) is 2.56. The van der Waals surface area contributed by atoms with Crippen molar-refractivity contribution in [3.8, 4) is 10.6 Å². The third kappa shape index (κ3) is 1.23. The highest BCUT2D eigenvalue weighted by molar-refractivity contribution is 7.13. The van der Waals surface area contributed by atoms with Crippen LogP contribution in [-0.4, -0.2) is 4.98 Å². The smallest absolute Gasteiger partial charge is 0.133 e. The van der Waals surface area contributed by atoms with Gasteiger partial charge in [-0.2, -0.15) is 0 Å². The summed E-state index contributed by atoms with van der Waals surface area (Å²) in [5.74, 6) is -0.215. The van der Waals surface area contributed by atoms with Gasteiger partial charge in [0.1, 0.15) is 10.8 Å². The first-order chi connectivity index (χ1) is 5.88. The maximum absolute atomic E-state index is 13.1. The zero-order chi connectivity index (χ0) is 8.39. The fourth-order valence-corrected chi connectivity index (χ4v) is 1.66. The first kappa shape index (κ1) is 7.43. The van der Waals surface area contributed by atoms with Gasteiger partial charge in [0.15, 0.2) is 0 Å². The summed E-state index contributed by atoms with van der Waals surface area (Å²) in [4.78, 5) is 4.03. The predicted octanol–water partition coefficient (Wildman–Crippen LogP) is 2.95. The second-order valence-corrected chi connectivity index (χ2v) is 3.21. The largest absolute Gasteiger partial charge is 0.244 e. The van der Waals surface area contributed by atoms with Crippen LogP contribution in [0.2, 0.25) is 0 Å². The van der Waals surface area contributed by atoms with E-state index < -0.39 is 0 Å². The van der Waals surface area contributed by atoms with E-state index in [1.165, 1.54) is 17.4 Å². The molecule has 3 heteroatoms. The van der Waals surface area contributed by atoms with Gasteiger partial charge < -0.3 is 0 Å². The molecule has 1 aromatic heterocycles. The molecule has 0 unspecified atom stereocenters. The molecule has 0 bridgehead atoms. The van der Waals surface area contributed by atoms with Gasteiger partial charge in [-0.25, -0.2) is 9.37 Å². The predicted molar refractivity (Wildman–Crippen MR) is 47.5 cm³/mol. The first-order valence-corrected chi connectivity index (χ1v) is 4.40. The van der Waals surface area contributed by atoms with Gasteiger partial charge in [-0.1, -0.05) is 12.1 Å². The average molecular weight is 179 g/mol. The summed E-state index contributed by atoms with van der Waals surface area (Å²) < 4.78 is 13.1. The van der Waals surface area contributed by atoms with Crippen LogP contribution in [-0.2, 0) is 0 Å². The molecular formula is C9H6FNS. The van der Waals surface area contributed by atoms with Crippen molar-refractivity contribution in [1.82, 2.24) is 4.98 Å². The number of aromatic nitrogens is 1. The quantitative estimate of drug-likeness (QED) is 0.655. The number of rotatable bonds is 1. The minimum Gasteiger partial charge on any atom is -0.244 e. The summed E-state index contributed by atoms with van der Waals surface area (Å²) in [7, 11) is 0. The second kappa shape index (κ2) is 3.03. The number of thiazole rings is 1. The van der Waals surface area contributed by atoms with Gasteiger partial charge in [0, 0.05) is 17.1 Å². The molecule has 1 aromatic carbocycles. The number of hydrogen-bond acceptors (Lipinski definition) is 2. The number of halogens is 1. The van der Waals surface area contributed by atoms with Crippen LogP contribution in [0.1, 0.15) is 0 Å². The molecule has 0 saturated heterocycles. The average Bonchev–Trinajstić information content (AvgIpc) is 2.57. The van der Waals surface area contributed by atoms with Crippen molar-refractivity contribution in [2.45, 2.75) is 0 Å². The normalized spacial score (nSPS) is 10.1. The van der Waals surface area contributed by atoms with Gasteiger partial charge in [0.25, 0.3) is 0 Å². The Morgan fingerprint density at radius 1 is 1.25 bits per heavy atom. The van der Waals surface area contributed by atoms with Crippen LogP contribution in [0.5, 0.6) is 0 Å². The molecular weight excluding hydrogens is 173 g/mol. The molecule has 0 aliphatic heterocycles. The van der Waals surface area contributed by atoms with E-state index in [0.29, 0.717) is 5.56 Å². The molecule has 1 heterocycles. The highest BCUT2D eigenvalue weighted by Gasteiger charge is 2.04. The molecule has 0 amide bonds. The van der Waals surface area contributed by atoms with Crippen molar-refractivity contribution in [3.63, 3.8) is 0 Å². The van der Waals surface area contributed by atoms with Gasteiger partial charge in [0.05, 0.1) is 0 Å². The Bertz CT molecular complexity index is 370. The van der Waals surface area contributed by atoms with E-state index in [0.717, 1.165) is 5.01 Å². The van der Waals surface area contributed by atoms with Gasteiger partial charge >= 0.3 is 0 Å². The summed E-state index contributed by atoms with van der Waals surface area (Å²) in [6.07, 6.45) is 1.67. The van der Waals surface area contributed by atoms with E-state index in [2.05, 4.69) is 4.98 Å². The molecule has 12 heavy (non-hydrogen) atoms. The summed E-state index contributed by atoms with van der Waals surface area (Å²) in [5.41, 5.74) is 0.576. The third-order valence-corrected chi connectivity index (χ3v) is 2.34. The van der Waals surface area contributed by atoms with Crippen molar-refractivity contribution in [3.05, 3.63) is 41.7 Å². The Kier molecular flexibility index (Phi) is 1.87. The number of hydrogen-bond donors (Lipinski definition) is 0. The SMILES string of the molecule is Fc1ccccc1-c1nccs1. The van der Waals surface area contributed by atoms with Crippen LogP contribution in [0.3, 0.4) is 0 Å². The van der Waals surface area contributed by atoms with Crippen LogP contribution in [0.15, 0.2) is 35.8 Å². The topological polar surface area (TPSA) is 12.9 Å². The van der Waals surface area contributed by atoms with E-state index in [1.807, 2.05) is 5.38 Å². The molecule has 2 aromatic rings. The summed E-state index contributed by atoms with van der Waals surface area (Å²) in [6.45, 7) is 0. The lowest BCUT2D eigenvalue weighted by Crippen LogP contribution is -1.80. The third-order valence-electron chi connectivity index (χ3n) is 1.54. The monoisotopic (exact) mass is 179 g/mol. The zero-order valence-corrected chi connectivity index (χ0v) is 7.01. The molecule has 0 atom stereocenters. The molecule has 0 aliphatic carbocycles. The van der Waals surface area contributed by atoms with Gasteiger partial charge in [-0.15, -0.1) is 11.3 Å². The van der Waals surface area contributed by atoms with E-state index in [9.17, 15) is 4.39 Å². The van der Waals surface area contributed by atoms with E-state index in [4.69, 9.17) is 0 Å². The molecule has 2 rings (SSSR count). The fraction of sp³-hybridized carbons (Fsp3) is 0. The Morgan fingerprint density at radius 2 is 2.08 bits per heavy atom. The van der Waals surface area contributed by atoms with E-state index >= 15 is 0 Å². The highest BCUT2D eigenvalue weighted by Crippen LogP contribution is 2.23. The first-order valence-electron chi connectivity index (χ1n) is 3.52. The van der Waals surface area contributed by atoms with Crippen molar-refractivity contribution in [2.75, 3.05) is 0 Å². The molecule has 0 saturated carbocycles. The molecule has 60 valence electrons. The second-order valence-electron chi connectivity index (χ2n) is 2.32. The lowest BCUT2D eigenvalue weighted by molar-refractivity contribution is 0.631. The van der Waals surface area contributed by atoms with Crippen molar-refractivity contribution in [2.24, 2.45) is 0 Å². The maximum Gasteiger partial charge on any atom is 0.133 e. The lowest BCUT2D eigenvalue weighted by Gasteiger charge is -1.95. The molecule has 0 fully saturated rings. The maximum atomic E-state index is 13.1. The van der Waals surface area contributed by atoms with Crippen LogP contribution < -0.4 is 0 Å². The molecule has 1 nitrogen and oxygen atoms in total. The van der Waals surface area contributed by atoms with Crippen molar-refractivity contribution in [1.29, 1.82) is 0 Å². The van der Waals surface area contributed by atoms with Crippen LogP contribution in [0.25, 0.3) is 10.6 Å².